The molecule has 0 aliphatic carbocycles. The van der Waals surface area contributed by atoms with Gasteiger partial charge in [0.1, 0.15) is 86.0 Å². The van der Waals surface area contributed by atoms with E-state index in [9.17, 15) is 56.2 Å². The number of aliphatic hydroxyl groups excluding tert-OH is 12. The zero-order chi connectivity index (χ0) is 34.7. The van der Waals surface area contributed by atoms with Gasteiger partial charge < -0.3 is 89.7 Å². The van der Waals surface area contributed by atoms with Crippen LogP contribution in [0.25, 0.3) is 0 Å². The lowest BCUT2D eigenvalue weighted by Crippen LogP contribution is -2.62. The van der Waals surface area contributed by atoms with Gasteiger partial charge in [-0.15, -0.1) is 46.4 Å². The zero-order valence-electron chi connectivity index (χ0n) is 23.8. The molecular weight excluding hydrogens is 718 g/mol. The van der Waals surface area contributed by atoms with Crippen LogP contribution < -0.4 is 0 Å². The van der Waals surface area contributed by atoms with E-state index in [0.29, 0.717) is 0 Å². The third kappa shape index (κ3) is 7.99. The molecule has 0 aromatic heterocycles. The minimum absolute atomic E-state index is 0.125. The van der Waals surface area contributed by atoms with Crippen LogP contribution in [0.15, 0.2) is 0 Å². The average Bonchev–Trinajstić information content (AvgIpc) is 3.45. The quantitative estimate of drug-likeness (QED) is 0.0924. The number of hydrogen-bond acceptors (Lipinski definition) is 18. The second-order valence-corrected chi connectivity index (χ2v) is 12.4. The summed E-state index contributed by atoms with van der Waals surface area (Å²) in [7, 11) is 0. The predicted octanol–water partition coefficient (Wildman–Crippen LogP) is -5.81. The van der Waals surface area contributed by atoms with Crippen LogP contribution in [0, 0.1) is 0 Å². The number of aliphatic hydroxyl groups is 12. The van der Waals surface area contributed by atoms with Crippen LogP contribution in [-0.2, 0) is 28.4 Å². The Kier molecular flexibility index (Phi) is 15.2. The molecule has 18 nitrogen and oxygen atoms in total. The molecule has 0 aromatic carbocycles. The fourth-order valence-electron chi connectivity index (χ4n) is 5.16. The van der Waals surface area contributed by atoms with Gasteiger partial charge in [0.25, 0.3) is 0 Å². The van der Waals surface area contributed by atoms with E-state index in [-0.39, 0.29) is 11.8 Å². The number of ether oxygens (including phenoxy) is 6. The van der Waals surface area contributed by atoms with E-state index in [1.165, 1.54) is 0 Å². The second kappa shape index (κ2) is 17.1. The normalized spacial score (nSPS) is 51.1. The van der Waals surface area contributed by atoms with E-state index >= 15 is 0 Å². The molecule has 4 aliphatic rings. The Bertz CT molecular complexity index is 873. The third-order valence-electron chi connectivity index (χ3n) is 8.00. The monoisotopic (exact) mass is 756 g/mol. The minimum atomic E-state index is -2.18. The van der Waals surface area contributed by atoms with Crippen LogP contribution in [0.3, 0.4) is 0 Å². The zero-order valence-corrected chi connectivity index (χ0v) is 26.8. The fourth-order valence-corrected chi connectivity index (χ4v) is 6.24. The Morgan fingerprint density at radius 2 is 0.978 bits per heavy atom. The Balaban J connectivity index is 0.000000250. The fraction of sp³-hybridized carbons (Fsp3) is 1.00. The van der Waals surface area contributed by atoms with Gasteiger partial charge in [0, 0.05) is 0 Å². The molecule has 0 amide bonds. The van der Waals surface area contributed by atoms with Crippen LogP contribution in [0.4, 0.5) is 0 Å². The lowest BCUT2D eigenvalue weighted by atomic mass is 9.99. The maximum absolute atomic E-state index is 10.1. The SMILES string of the molecule is OC[C@H]1O[C@@](CO)(O[C@H]2O[C@H](CCl)[C@@H](O)[C@H](O)[C@H]2O)[C@@H](O)[C@@H]1O.OC[C@H]1O[C@H](O[C@]2(CCl)O[C@H](CCl)[C@@H](O)[C@@H]2O)[C@H](O)[C@@H](O)[C@H]1Cl. The van der Waals surface area contributed by atoms with Crippen LogP contribution in [0.5, 0.6) is 0 Å². The predicted molar refractivity (Wildman–Crippen MR) is 152 cm³/mol. The summed E-state index contributed by atoms with van der Waals surface area (Å²) >= 11 is 22.9. The van der Waals surface area contributed by atoms with Crippen molar-refractivity contribution in [1.29, 1.82) is 0 Å². The van der Waals surface area contributed by atoms with Gasteiger partial charge in [-0.1, -0.05) is 0 Å². The van der Waals surface area contributed by atoms with Crippen molar-refractivity contribution in [2.75, 3.05) is 37.5 Å². The molecule has 0 bridgehead atoms. The van der Waals surface area contributed by atoms with Gasteiger partial charge in [-0.2, -0.15) is 0 Å². The molecule has 272 valence electrons. The maximum atomic E-state index is 10.1. The summed E-state index contributed by atoms with van der Waals surface area (Å²) in [5, 5.41) is 116. The van der Waals surface area contributed by atoms with Crippen molar-refractivity contribution in [2.24, 2.45) is 0 Å². The van der Waals surface area contributed by atoms with Gasteiger partial charge in [-0.3, -0.25) is 0 Å². The first-order valence-electron chi connectivity index (χ1n) is 13.9. The Hall–Kier alpha value is 0.440. The Labute approximate surface area is 282 Å². The average molecular weight is 758 g/mol. The van der Waals surface area contributed by atoms with Gasteiger partial charge >= 0.3 is 0 Å². The first-order valence-corrected chi connectivity index (χ1v) is 16.0. The van der Waals surface area contributed by atoms with E-state index in [1.807, 2.05) is 0 Å². The van der Waals surface area contributed by atoms with E-state index in [4.69, 9.17) is 79.9 Å². The molecule has 0 spiro atoms. The topological polar surface area (TPSA) is 298 Å². The van der Waals surface area contributed by atoms with Crippen LogP contribution in [0.1, 0.15) is 0 Å². The molecular formula is C24H40Cl4O18. The van der Waals surface area contributed by atoms with Crippen molar-refractivity contribution in [3.8, 4) is 0 Å². The van der Waals surface area contributed by atoms with Crippen LogP contribution in [0.2, 0.25) is 0 Å². The van der Waals surface area contributed by atoms with Gasteiger partial charge in [0.15, 0.2) is 12.6 Å². The molecule has 18 atom stereocenters. The highest BCUT2D eigenvalue weighted by molar-refractivity contribution is 6.21. The summed E-state index contributed by atoms with van der Waals surface area (Å²) in [6, 6.07) is 0. The summed E-state index contributed by atoms with van der Waals surface area (Å²) in [6.45, 7) is -2.11. The lowest BCUT2D eigenvalue weighted by Gasteiger charge is -2.43. The van der Waals surface area contributed by atoms with Crippen molar-refractivity contribution in [2.45, 2.75) is 109 Å². The first kappa shape index (κ1) is 40.9. The van der Waals surface area contributed by atoms with Gasteiger partial charge in [-0.05, 0) is 0 Å². The number of hydrogen-bond donors (Lipinski definition) is 12. The van der Waals surface area contributed by atoms with E-state index in [1.54, 1.807) is 0 Å². The molecule has 0 unspecified atom stereocenters. The minimum Gasteiger partial charge on any atom is -0.394 e. The van der Waals surface area contributed by atoms with E-state index < -0.39 is 135 Å². The van der Waals surface area contributed by atoms with E-state index in [0.717, 1.165) is 0 Å². The molecule has 12 N–H and O–H groups in total. The molecule has 4 heterocycles. The molecule has 46 heavy (non-hydrogen) atoms. The first-order chi connectivity index (χ1) is 21.6. The van der Waals surface area contributed by atoms with Gasteiger partial charge in [0.2, 0.25) is 11.6 Å². The highest BCUT2D eigenvalue weighted by atomic mass is 35.5. The van der Waals surface area contributed by atoms with Crippen molar-refractivity contribution in [1.82, 2.24) is 0 Å². The highest BCUT2D eigenvalue weighted by Gasteiger charge is 2.59. The molecule has 4 rings (SSSR count). The van der Waals surface area contributed by atoms with Crippen LogP contribution in [-0.4, -0.2) is 208 Å². The standard InChI is InChI=1S/C12H19Cl3O8.C12H21ClO10/c13-1-4-7(17)10(20)12(3-14,22-4)23-11-9(19)8(18)6(15)5(2-16)21-11;13-1-4-6(16)8(18)9(19)11(21-4)23-12(3-15)10(20)7(17)5(2-14)22-12/h4-11,16-20H,1-3H2;4-11,14-20H,1-3H2/t4-,5-,6+,7-,8+,9-,10+,11-,12+;4-,5-,6-,7-,8+,9-,10+,11-,12+/m11/s1. The summed E-state index contributed by atoms with van der Waals surface area (Å²) in [5.74, 6) is -4.83. The molecule has 0 aromatic rings. The largest absolute Gasteiger partial charge is 0.394 e. The van der Waals surface area contributed by atoms with Crippen molar-refractivity contribution >= 4 is 46.4 Å². The number of alkyl halides is 4. The Morgan fingerprint density at radius 3 is 1.43 bits per heavy atom. The molecule has 4 fully saturated rings. The van der Waals surface area contributed by atoms with Crippen LogP contribution >= 0.6 is 46.4 Å². The third-order valence-corrected chi connectivity index (χ3v) is 9.52. The molecule has 4 aliphatic heterocycles. The van der Waals surface area contributed by atoms with Gasteiger partial charge in [-0.25, -0.2) is 0 Å². The molecule has 22 heteroatoms. The maximum Gasteiger partial charge on any atom is 0.224 e. The van der Waals surface area contributed by atoms with Crippen molar-refractivity contribution in [3.05, 3.63) is 0 Å². The van der Waals surface area contributed by atoms with Crippen molar-refractivity contribution in [3.63, 3.8) is 0 Å². The number of rotatable bonds is 10. The number of halogens is 4. The van der Waals surface area contributed by atoms with Gasteiger partial charge in [0.05, 0.1) is 36.2 Å². The summed E-state index contributed by atoms with van der Waals surface area (Å²) in [6.07, 6.45) is -21.4. The lowest BCUT2D eigenvalue weighted by molar-refractivity contribution is -0.380. The smallest absolute Gasteiger partial charge is 0.224 e. The molecule has 0 radical (unpaired) electrons. The summed E-state index contributed by atoms with van der Waals surface area (Å²) in [5.41, 5.74) is 0. The summed E-state index contributed by atoms with van der Waals surface area (Å²) in [4.78, 5) is 0. The molecule has 0 saturated carbocycles. The highest BCUT2D eigenvalue weighted by Crippen LogP contribution is 2.38. The second-order valence-electron chi connectivity index (χ2n) is 11.0. The van der Waals surface area contributed by atoms with E-state index in [2.05, 4.69) is 0 Å². The Morgan fingerprint density at radius 1 is 0.522 bits per heavy atom. The van der Waals surface area contributed by atoms with Crippen molar-refractivity contribution < 1.29 is 89.7 Å². The summed E-state index contributed by atoms with van der Waals surface area (Å²) < 4.78 is 31.8. The molecule has 4 saturated heterocycles.